The van der Waals surface area contributed by atoms with Gasteiger partial charge in [0.2, 0.25) is 0 Å². The predicted molar refractivity (Wildman–Crippen MR) is 62.3 cm³/mol. The van der Waals surface area contributed by atoms with Crippen LogP contribution >= 0.6 is 7.82 Å². The zero-order valence-electron chi connectivity index (χ0n) is 11.5. The third-order valence-electron chi connectivity index (χ3n) is 1.82. The van der Waals surface area contributed by atoms with E-state index >= 15 is 0 Å². The summed E-state index contributed by atoms with van der Waals surface area (Å²) in [5, 5.41) is 2.33. The Balaban J connectivity index is 0. The molecule has 21 heavy (non-hydrogen) atoms. The Morgan fingerprint density at radius 1 is 0.952 bits per heavy atom. The van der Waals surface area contributed by atoms with E-state index in [-0.39, 0.29) is 0 Å². The standard InChI is InChI=1S/C9H15F6N.H3O4P/c1-6(2)16-7(3,4-8(10,11)12)5-9(13,14)15;1-5(2,3)4/h6,16H,4-5H2,1-3H3;(H3,1,2,3,4). The van der Waals surface area contributed by atoms with Crippen LogP contribution in [0.1, 0.15) is 33.6 Å². The Bertz CT molecular complexity index is 327. The summed E-state index contributed by atoms with van der Waals surface area (Å²) >= 11 is 0. The molecule has 5 nitrogen and oxygen atoms in total. The van der Waals surface area contributed by atoms with Gasteiger partial charge < -0.3 is 20.0 Å². The van der Waals surface area contributed by atoms with E-state index in [2.05, 4.69) is 5.32 Å². The Labute approximate surface area is 117 Å². The van der Waals surface area contributed by atoms with Crippen LogP contribution in [-0.4, -0.2) is 38.6 Å². The second-order valence-electron chi connectivity index (χ2n) is 4.96. The van der Waals surface area contributed by atoms with Gasteiger partial charge >= 0.3 is 20.2 Å². The number of rotatable bonds is 4. The van der Waals surface area contributed by atoms with Crippen molar-refractivity contribution in [2.24, 2.45) is 0 Å². The second-order valence-corrected chi connectivity index (χ2v) is 5.98. The fourth-order valence-corrected chi connectivity index (χ4v) is 1.75. The Hall–Kier alpha value is -0.350. The zero-order chi connectivity index (χ0) is 17.7. The van der Waals surface area contributed by atoms with Crippen molar-refractivity contribution in [2.45, 2.75) is 57.5 Å². The molecule has 0 aromatic carbocycles. The summed E-state index contributed by atoms with van der Waals surface area (Å²) in [5.74, 6) is 0. The van der Waals surface area contributed by atoms with Crippen LogP contribution < -0.4 is 5.32 Å². The topological polar surface area (TPSA) is 89.8 Å². The molecule has 0 aliphatic rings. The van der Waals surface area contributed by atoms with Gasteiger partial charge in [0.25, 0.3) is 0 Å². The van der Waals surface area contributed by atoms with Crippen molar-refractivity contribution < 1.29 is 45.6 Å². The van der Waals surface area contributed by atoms with Crippen molar-refractivity contribution in [3.8, 4) is 0 Å². The van der Waals surface area contributed by atoms with E-state index in [1.165, 1.54) is 13.8 Å². The van der Waals surface area contributed by atoms with Gasteiger partial charge in [-0.15, -0.1) is 0 Å². The lowest BCUT2D eigenvalue weighted by Crippen LogP contribution is -2.51. The largest absolute Gasteiger partial charge is 0.466 e. The molecule has 0 amide bonds. The smallest absolute Gasteiger partial charge is 0.309 e. The fraction of sp³-hybridized carbons (Fsp3) is 1.00. The lowest BCUT2D eigenvalue weighted by molar-refractivity contribution is -0.180. The van der Waals surface area contributed by atoms with Crippen molar-refractivity contribution in [1.82, 2.24) is 5.32 Å². The van der Waals surface area contributed by atoms with E-state index in [1.54, 1.807) is 0 Å². The molecule has 130 valence electrons. The van der Waals surface area contributed by atoms with Crippen LogP contribution in [0.15, 0.2) is 0 Å². The maximum absolute atomic E-state index is 12.2. The van der Waals surface area contributed by atoms with Crippen LogP contribution in [0.4, 0.5) is 26.3 Å². The summed E-state index contributed by atoms with van der Waals surface area (Å²) in [5.41, 5.74) is -2.01. The fourth-order valence-electron chi connectivity index (χ4n) is 1.75. The molecule has 0 saturated heterocycles. The van der Waals surface area contributed by atoms with Crippen molar-refractivity contribution in [3.05, 3.63) is 0 Å². The molecule has 0 aliphatic carbocycles. The third-order valence-corrected chi connectivity index (χ3v) is 1.82. The molecular formula is C9H18F6NO4P. The summed E-state index contributed by atoms with van der Waals surface area (Å²) in [7, 11) is -4.64. The summed E-state index contributed by atoms with van der Waals surface area (Å²) < 4.78 is 81.9. The minimum atomic E-state index is -4.64. The first-order valence-corrected chi connectivity index (χ1v) is 7.09. The van der Waals surface area contributed by atoms with Crippen molar-refractivity contribution >= 4 is 7.82 Å². The maximum atomic E-state index is 12.2. The van der Waals surface area contributed by atoms with Crippen LogP contribution in [0.3, 0.4) is 0 Å². The van der Waals surface area contributed by atoms with Gasteiger partial charge in [-0.2, -0.15) is 26.3 Å². The van der Waals surface area contributed by atoms with Crippen LogP contribution in [0.25, 0.3) is 0 Å². The highest BCUT2D eigenvalue weighted by atomic mass is 31.2. The molecule has 0 aliphatic heterocycles. The zero-order valence-corrected chi connectivity index (χ0v) is 12.4. The second kappa shape index (κ2) is 7.77. The van der Waals surface area contributed by atoms with Gasteiger partial charge in [0, 0.05) is 11.6 Å². The molecule has 0 bridgehead atoms. The Kier molecular flexibility index (Phi) is 8.49. The van der Waals surface area contributed by atoms with E-state index in [1.807, 2.05) is 0 Å². The average molecular weight is 349 g/mol. The van der Waals surface area contributed by atoms with Gasteiger partial charge in [0.05, 0.1) is 12.8 Å². The molecular weight excluding hydrogens is 331 g/mol. The molecule has 0 radical (unpaired) electrons. The Morgan fingerprint density at radius 3 is 1.33 bits per heavy atom. The maximum Gasteiger partial charge on any atom is 0.466 e. The quantitative estimate of drug-likeness (QED) is 0.463. The molecule has 0 saturated carbocycles. The lowest BCUT2D eigenvalue weighted by atomic mass is 9.92. The van der Waals surface area contributed by atoms with Crippen LogP contribution in [0.2, 0.25) is 0 Å². The van der Waals surface area contributed by atoms with E-state index in [9.17, 15) is 26.3 Å². The minimum absolute atomic E-state index is 0.449. The summed E-state index contributed by atoms with van der Waals surface area (Å²) in [6.45, 7) is 3.95. The minimum Gasteiger partial charge on any atom is -0.309 e. The SMILES string of the molecule is CC(C)NC(C)(CC(F)(F)F)CC(F)(F)F.O=P(O)(O)O. The van der Waals surface area contributed by atoms with Gasteiger partial charge in [-0.3, -0.25) is 0 Å². The van der Waals surface area contributed by atoms with Crippen molar-refractivity contribution in [1.29, 1.82) is 0 Å². The van der Waals surface area contributed by atoms with Crippen molar-refractivity contribution in [3.63, 3.8) is 0 Å². The number of alkyl halides is 6. The van der Waals surface area contributed by atoms with Gasteiger partial charge in [-0.1, -0.05) is 13.8 Å². The van der Waals surface area contributed by atoms with E-state index in [0.717, 1.165) is 6.92 Å². The number of hydrogen-bond donors (Lipinski definition) is 4. The summed E-state index contributed by atoms with van der Waals surface area (Å²) in [6.07, 6.45) is -12.3. The highest BCUT2D eigenvalue weighted by molar-refractivity contribution is 7.45. The summed E-state index contributed by atoms with van der Waals surface area (Å²) in [6, 6.07) is -0.449. The lowest BCUT2D eigenvalue weighted by Gasteiger charge is -2.34. The number of nitrogens with one attached hydrogen (secondary N) is 1. The molecule has 0 aromatic rings. The molecule has 0 heterocycles. The van der Waals surface area contributed by atoms with Gasteiger partial charge in [0.15, 0.2) is 0 Å². The van der Waals surface area contributed by atoms with Crippen LogP contribution in [-0.2, 0) is 4.57 Å². The van der Waals surface area contributed by atoms with Gasteiger partial charge in [0.1, 0.15) is 0 Å². The van der Waals surface area contributed by atoms with Gasteiger partial charge in [-0.25, -0.2) is 4.57 Å². The average Bonchev–Trinajstić information content (AvgIpc) is 1.85. The molecule has 0 rings (SSSR count). The highest BCUT2D eigenvalue weighted by Gasteiger charge is 2.46. The molecule has 12 heteroatoms. The molecule has 0 atom stereocenters. The summed E-state index contributed by atoms with van der Waals surface area (Å²) in [4.78, 5) is 21.6. The normalized spacial score (nSPS) is 14.0. The van der Waals surface area contributed by atoms with Crippen molar-refractivity contribution in [2.75, 3.05) is 0 Å². The molecule has 0 fully saturated rings. The van der Waals surface area contributed by atoms with E-state index in [0.29, 0.717) is 0 Å². The first kappa shape index (κ1) is 22.9. The predicted octanol–water partition coefficient (Wildman–Crippen LogP) is 2.72. The van der Waals surface area contributed by atoms with Crippen LogP contribution in [0.5, 0.6) is 0 Å². The van der Waals surface area contributed by atoms with E-state index < -0.39 is 44.6 Å². The number of halogens is 6. The molecule has 0 unspecified atom stereocenters. The number of hydrogen-bond acceptors (Lipinski definition) is 2. The third kappa shape index (κ3) is 22.1. The van der Waals surface area contributed by atoms with Crippen LogP contribution in [0, 0.1) is 0 Å². The number of phosphoric acid groups is 1. The molecule has 0 spiro atoms. The molecule has 0 aromatic heterocycles. The molecule has 4 N–H and O–H groups in total. The Morgan fingerprint density at radius 2 is 1.19 bits per heavy atom. The first-order chi connectivity index (χ1) is 8.83. The van der Waals surface area contributed by atoms with E-state index in [4.69, 9.17) is 19.2 Å². The monoisotopic (exact) mass is 349 g/mol. The first-order valence-electron chi connectivity index (χ1n) is 5.52. The van der Waals surface area contributed by atoms with Gasteiger partial charge in [-0.05, 0) is 6.92 Å². The highest BCUT2D eigenvalue weighted by Crippen LogP contribution is 2.35.